The molecule has 0 aliphatic heterocycles. The normalized spacial score (nSPS) is 11.0. The summed E-state index contributed by atoms with van der Waals surface area (Å²) in [4.78, 5) is 25.3. The van der Waals surface area contributed by atoms with E-state index in [1.807, 2.05) is 13.8 Å². The summed E-state index contributed by atoms with van der Waals surface area (Å²) in [6, 6.07) is 8.60. The van der Waals surface area contributed by atoms with E-state index in [2.05, 4.69) is 25.4 Å². The van der Waals surface area contributed by atoms with Crippen LogP contribution in [0.1, 0.15) is 23.4 Å². The number of fused-ring (bicyclic) bond motifs is 1. The quantitative estimate of drug-likeness (QED) is 0.447. The molecule has 0 radical (unpaired) electrons. The van der Waals surface area contributed by atoms with Gasteiger partial charge >= 0.3 is 0 Å². The Morgan fingerprint density at radius 2 is 2.00 bits per heavy atom. The van der Waals surface area contributed by atoms with Gasteiger partial charge in [0.2, 0.25) is 11.8 Å². The minimum atomic E-state index is -0.163. The number of amides is 1. The molecule has 3 aromatic heterocycles. The van der Waals surface area contributed by atoms with Crippen molar-refractivity contribution in [2.45, 2.75) is 26.7 Å². The lowest BCUT2D eigenvalue weighted by Gasteiger charge is -2.13. The fourth-order valence-corrected chi connectivity index (χ4v) is 3.63. The lowest BCUT2D eigenvalue weighted by Crippen LogP contribution is -2.15. The minimum absolute atomic E-state index is 0.163. The van der Waals surface area contributed by atoms with Crippen molar-refractivity contribution in [3.8, 4) is 11.6 Å². The van der Waals surface area contributed by atoms with E-state index in [9.17, 15) is 4.79 Å². The molecule has 158 valence electrons. The summed E-state index contributed by atoms with van der Waals surface area (Å²) in [5.74, 6) is 1.00. The van der Waals surface area contributed by atoms with Crippen LogP contribution in [-0.2, 0) is 11.2 Å². The van der Waals surface area contributed by atoms with Gasteiger partial charge in [0.15, 0.2) is 5.75 Å². The number of nitrogens with zero attached hydrogens (tertiary/aromatic N) is 5. The number of aryl methyl sites for hydroxylation is 2. The second kappa shape index (κ2) is 8.87. The van der Waals surface area contributed by atoms with E-state index in [0.29, 0.717) is 28.7 Å². The Morgan fingerprint density at radius 3 is 2.81 bits per heavy atom. The SMILES string of the molecule is Cc1nc2ncnn2c(C)c1CCC(=O)Nc1ccccc1Oc1ncc(Cl)cc1Cl. The molecule has 0 bridgehead atoms. The van der Waals surface area contributed by atoms with Gasteiger partial charge in [-0.3, -0.25) is 4.79 Å². The van der Waals surface area contributed by atoms with Crippen molar-refractivity contribution in [3.05, 3.63) is 69.9 Å². The van der Waals surface area contributed by atoms with Crippen LogP contribution in [-0.4, -0.2) is 30.5 Å². The Balaban J connectivity index is 1.47. The van der Waals surface area contributed by atoms with E-state index in [1.165, 1.54) is 18.6 Å². The van der Waals surface area contributed by atoms with Crippen molar-refractivity contribution in [1.29, 1.82) is 0 Å². The average Bonchev–Trinajstić information content (AvgIpc) is 3.20. The summed E-state index contributed by atoms with van der Waals surface area (Å²) in [5.41, 5.74) is 3.23. The smallest absolute Gasteiger partial charge is 0.252 e. The fourth-order valence-electron chi connectivity index (χ4n) is 3.21. The van der Waals surface area contributed by atoms with E-state index < -0.39 is 0 Å². The molecule has 31 heavy (non-hydrogen) atoms. The highest BCUT2D eigenvalue weighted by Crippen LogP contribution is 2.33. The number of carbonyl (C=O) groups is 1. The second-order valence-corrected chi connectivity index (χ2v) is 7.66. The van der Waals surface area contributed by atoms with E-state index in [1.54, 1.807) is 28.8 Å². The monoisotopic (exact) mass is 456 g/mol. The zero-order valence-corrected chi connectivity index (χ0v) is 18.3. The number of anilines is 1. The molecule has 0 spiro atoms. The maximum absolute atomic E-state index is 12.7. The highest BCUT2D eigenvalue weighted by molar-refractivity contribution is 6.35. The standard InChI is InChI=1S/C21H18Cl2N6O2/c1-12-15(13(2)29-21(27-12)25-11-26-29)7-8-19(30)28-17-5-3-4-6-18(17)31-20-16(23)9-14(22)10-24-20/h3-6,9-11H,7-8H2,1-2H3,(H,28,30). The summed E-state index contributed by atoms with van der Waals surface area (Å²) in [5, 5.41) is 7.75. The molecule has 0 unspecified atom stereocenters. The molecule has 4 aromatic rings. The van der Waals surface area contributed by atoms with Gasteiger partial charge < -0.3 is 10.1 Å². The first-order chi connectivity index (χ1) is 14.9. The number of halogens is 2. The van der Waals surface area contributed by atoms with Crippen molar-refractivity contribution >= 4 is 40.6 Å². The van der Waals surface area contributed by atoms with Gasteiger partial charge in [0.05, 0.1) is 10.7 Å². The molecule has 0 saturated heterocycles. The van der Waals surface area contributed by atoms with Crippen molar-refractivity contribution in [2.24, 2.45) is 0 Å². The number of carbonyl (C=O) groups excluding carboxylic acids is 1. The first kappa shape index (κ1) is 21.0. The summed E-state index contributed by atoms with van der Waals surface area (Å²) in [6.45, 7) is 3.84. The topological polar surface area (TPSA) is 94.3 Å². The van der Waals surface area contributed by atoms with E-state index in [0.717, 1.165) is 17.0 Å². The minimum Gasteiger partial charge on any atom is -0.435 e. The van der Waals surface area contributed by atoms with Gasteiger partial charge in [0.25, 0.3) is 5.78 Å². The van der Waals surface area contributed by atoms with Gasteiger partial charge in [-0.1, -0.05) is 35.3 Å². The molecule has 0 atom stereocenters. The molecule has 4 rings (SSSR count). The van der Waals surface area contributed by atoms with Crippen LogP contribution in [0, 0.1) is 13.8 Å². The lowest BCUT2D eigenvalue weighted by atomic mass is 10.1. The number of aromatic nitrogens is 5. The largest absolute Gasteiger partial charge is 0.435 e. The number of hydrogen-bond acceptors (Lipinski definition) is 6. The molecule has 3 heterocycles. The number of pyridine rings is 1. The predicted molar refractivity (Wildman–Crippen MR) is 118 cm³/mol. The van der Waals surface area contributed by atoms with E-state index in [4.69, 9.17) is 27.9 Å². The van der Waals surface area contributed by atoms with Crippen LogP contribution in [0.3, 0.4) is 0 Å². The van der Waals surface area contributed by atoms with Crippen molar-refractivity contribution in [3.63, 3.8) is 0 Å². The van der Waals surface area contributed by atoms with Crippen LogP contribution in [0.5, 0.6) is 11.6 Å². The third-order valence-corrected chi connectivity index (χ3v) is 5.21. The number of para-hydroxylation sites is 2. The number of ether oxygens (including phenoxy) is 1. The van der Waals surface area contributed by atoms with E-state index in [-0.39, 0.29) is 23.2 Å². The first-order valence-corrected chi connectivity index (χ1v) is 10.2. The molecule has 10 heteroatoms. The van der Waals surface area contributed by atoms with Crippen LogP contribution in [0.4, 0.5) is 5.69 Å². The molecule has 1 aromatic carbocycles. The van der Waals surface area contributed by atoms with Gasteiger partial charge in [0.1, 0.15) is 11.3 Å². The highest BCUT2D eigenvalue weighted by atomic mass is 35.5. The zero-order valence-electron chi connectivity index (χ0n) is 16.8. The molecule has 0 saturated carbocycles. The summed E-state index contributed by atoms with van der Waals surface area (Å²) >= 11 is 12.0. The number of rotatable bonds is 6. The second-order valence-electron chi connectivity index (χ2n) is 6.82. The maximum Gasteiger partial charge on any atom is 0.252 e. The fraction of sp³-hybridized carbons (Fsp3) is 0.190. The molecule has 0 aliphatic rings. The zero-order chi connectivity index (χ0) is 22.0. The number of hydrogen-bond donors (Lipinski definition) is 1. The summed E-state index contributed by atoms with van der Waals surface area (Å²) in [7, 11) is 0. The van der Waals surface area contributed by atoms with Gasteiger partial charge in [0, 0.05) is 24.0 Å². The van der Waals surface area contributed by atoms with Gasteiger partial charge in [-0.05, 0) is 44.0 Å². The number of nitrogens with one attached hydrogen (secondary N) is 1. The molecule has 1 amide bonds. The van der Waals surface area contributed by atoms with Gasteiger partial charge in [-0.2, -0.15) is 10.1 Å². The van der Waals surface area contributed by atoms with Crippen molar-refractivity contribution in [2.75, 3.05) is 5.32 Å². The summed E-state index contributed by atoms with van der Waals surface area (Å²) < 4.78 is 7.46. The third-order valence-electron chi connectivity index (χ3n) is 4.73. The molecule has 0 aliphatic carbocycles. The Morgan fingerprint density at radius 1 is 1.19 bits per heavy atom. The molecular weight excluding hydrogens is 439 g/mol. The Kier molecular flexibility index (Phi) is 6.01. The lowest BCUT2D eigenvalue weighted by molar-refractivity contribution is -0.116. The van der Waals surface area contributed by atoms with Gasteiger partial charge in [-0.25, -0.2) is 14.5 Å². The van der Waals surface area contributed by atoms with Crippen LogP contribution in [0.15, 0.2) is 42.9 Å². The molecular formula is C21H18Cl2N6O2. The van der Waals surface area contributed by atoms with Crippen molar-refractivity contribution in [1.82, 2.24) is 24.6 Å². The Labute approximate surface area is 188 Å². The highest BCUT2D eigenvalue weighted by Gasteiger charge is 2.15. The predicted octanol–water partition coefficient (Wildman–Crippen LogP) is 4.81. The summed E-state index contributed by atoms with van der Waals surface area (Å²) in [6.07, 6.45) is 3.68. The molecule has 1 N–H and O–H groups in total. The van der Waals surface area contributed by atoms with Crippen LogP contribution in [0.2, 0.25) is 10.0 Å². The van der Waals surface area contributed by atoms with Crippen LogP contribution < -0.4 is 10.1 Å². The van der Waals surface area contributed by atoms with Crippen LogP contribution in [0.25, 0.3) is 5.78 Å². The first-order valence-electron chi connectivity index (χ1n) is 9.46. The van der Waals surface area contributed by atoms with Crippen LogP contribution >= 0.6 is 23.2 Å². The maximum atomic E-state index is 12.7. The number of benzene rings is 1. The van der Waals surface area contributed by atoms with E-state index >= 15 is 0 Å². The van der Waals surface area contributed by atoms with Crippen molar-refractivity contribution < 1.29 is 9.53 Å². The molecule has 0 fully saturated rings. The average molecular weight is 457 g/mol. The Hall–Kier alpha value is -3.23. The molecule has 8 nitrogen and oxygen atoms in total. The van der Waals surface area contributed by atoms with Gasteiger partial charge in [-0.15, -0.1) is 0 Å². The Bertz CT molecular complexity index is 1270. The third kappa shape index (κ3) is 4.60.